The number of rotatable bonds is 5. The van der Waals surface area contributed by atoms with E-state index in [-0.39, 0.29) is 12.5 Å². The molecule has 1 heterocycles. The molecular weight excluding hydrogens is 304 g/mol. The van der Waals surface area contributed by atoms with Gasteiger partial charge in [0.25, 0.3) is 5.91 Å². The summed E-state index contributed by atoms with van der Waals surface area (Å²) in [5, 5.41) is 9.12. The van der Waals surface area contributed by atoms with Crippen molar-refractivity contribution in [2.24, 2.45) is 0 Å². The maximum absolute atomic E-state index is 12.9. The number of amides is 1. The predicted octanol–water partition coefficient (Wildman–Crippen LogP) is 2.30. The summed E-state index contributed by atoms with van der Waals surface area (Å²) in [5.74, 6) is 0.556. The molecule has 3 N–H and O–H groups in total. The molecule has 1 aliphatic heterocycles. The Balaban J connectivity index is 1.88. The van der Waals surface area contributed by atoms with Crippen molar-refractivity contribution in [2.45, 2.75) is 25.9 Å². The van der Waals surface area contributed by atoms with Crippen LogP contribution in [-0.4, -0.2) is 30.3 Å². The van der Waals surface area contributed by atoms with Crippen molar-refractivity contribution in [1.29, 1.82) is 0 Å². The van der Waals surface area contributed by atoms with E-state index in [2.05, 4.69) is 0 Å². The third kappa shape index (κ3) is 3.36. The lowest BCUT2D eigenvalue weighted by molar-refractivity contribution is -0.126. The first-order valence-electron chi connectivity index (χ1n) is 8.12. The van der Waals surface area contributed by atoms with E-state index in [4.69, 9.17) is 15.6 Å². The lowest BCUT2D eigenvalue weighted by atomic mass is 10.0. The standard InChI is InChI=1S/C19H22N2O3/c1-13-3-5-14(6-4-13)11-18-19(23)21(9-2-10-22)16-12-15(20)7-8-17(16)24-18/h3-8,12,18,22H,2,9-11,20H2,1H3. The summed E-state index contributed by atoms with van der Waals surface area (Å²) in [6.45, 7) is 2.51. The topological polar surface area (TPSA) is 75.8 Å². The van der Waals surface area contributed by atoms with Crippen molar-refractivity contribution in [3.05, 3.63) is 53.6 Å². The molecule has 5 nitrogen and oxygen atoms in total. The molecule has 3 rings (SSSR count). The van der Waals surface area contributed by atoms with E-state index < -0.39 is 6.10 Å². The molecule has 5 heteroatoms. The Morgan fingerprint density at radius 3 is 2.67 bits per heavy atom. The minimum absolute atomic E-state index is 0.0327. The molecule has 1 unspecified atom stereocenters. The summed E-state index contributed by atoms with van der Waals surface area (Å²) in [7, 11) is 0. The van der Waals surface area contributed by atoms with Crippen LogP contribution in [0.4, 0.5) is 11.4 Å². The number of aryl methyl sites for hydroxylation is 1. The number of anilines is 2. The molecule has 1 atom stereocenters. The molecule has 2 aromatic carbocycles. The summed E-state index contributed by atoms with van der Waals surface area (Å²) in [6.07, 6.45) is 0.456. The molecule has 0 spiro atoms. The Bertz CT molecular complexity index is 728. The van der Waals surface area contributed by atoms with Gasteiger partial charge in [-0.1, -0.05) is 29.8 Å². The number of nitrogens with zero attached hydrogens (tertiary/aromatic N) is 1. The zero-order valence-electron chi connectivity index (χ0n) is 13.7. The third-order valence-corrected chi connectivity index (χ3v) is 4.17. The van der Waals surface area contributed by atoms with Crippen LogP contribution in [0.25, 0.3) is 0 Å². The van der Waals surface area contributed by atoms with Crippen LogP contribution < -0.4 is 15.4 Å². The number of hydrogen-bond donors (Lipinski definition) is 2. The van der Waals surface area contributed by atoms with Crippen molar-refractivity contribution in [3.8, 4) is 5.75 Å². The zero-order valence-corrected chi connectivity index (χ0v) is 13.7. The van der Waals surface area contributed by atoms with Crippen molar-refractivity contribution >= 4 is 17.3 Å². The van der Waals surface area contributed by atoms with Crippen LogP contribution >= 0.6 is 0 Å². The molecule has 0 bridgehead atoms. The van der Waals surface area contributed by atoms with Gasteiger partial charge >= 0.3 is 0 Å². The Morgan fingerprint density at radius 2 is 1.96 bits per heavy atom. The Kier molecular flexibility index (Phi) is 4.71. The summed E-state index contributed by atoms with van der Waals surface area (Å²) in [6, 6.07) is 13.4. The van der Waals surface area contributed by atoms with Gasteiger partial charge in [-0.15, -0.1) is 0 Å². The molecule has 1 aliphatic rings. The van der Waals surface area contributed by atoms with Crippen LogP contribution in [0.5, 0.6) is 5.75 Å². The van der Waals surface area contributed by atoms with E-state index in [1.807, 2.05) is 31.2 Å². The molecule has 0 radical (unpaired) electrons. The molecule has 0 saturated carbocycles. The minimum atomic E-state index is -0.567. The number of carbonyl (C=O) groups excluding carboxylic acids is 1. The van der Waals surface area contributed by atoms with Gasteiger partial charge in [-0.3, -0.25) is 4.79 Å². The number of aliphatic hydroxyl groups is 1. The van der Waals surface area contributed by atoms with E-state index in [1.54, 1.807) is 23.1 Å². The highest BCUT2D eigenvalue weighted by molar-refractivity contribution is 6.00. The Morgan fingerprint density at radius 1 is 1.21 bits per heavy atom. The van der Waals surface area contributed by atoms with Crippen molar-refractivity contribution in [1.82, 2.24) is 0 Å². The Hall–Kier alpha value is -2.53. The second-order valence-electron chi connectivity index (χ2n) is 6.09. The summed E-state index contributed by atoms with van der Waals surface area (Å²) in [4.78, 5) is 14.5. The predicted molar refractivity (Wildman–Crippen MR) is 94.2 cm³/mol. The lowest BCUT2D eigenvalue weighted by Gasteiger charge is -2.34. The SMILES string of the molecule is Cc1ccc(CC2Oc3ccc(N)cc3N(CCCO)C2=O)cc1. The number of benzene rings is 2. The fraction of sp³-hybridized carbons (Fsp3) is 0.316. The fourth-order valence-corrected chi connectivity index (χ4v) is 2.87. The first-order chi connectivity index (χ1) is 11.6. The lowest BCUT2D eigenvalue weighted by Crippen LogP contribution is -2.47. The summed E-state index contributed by atoms with van der Waals surface area (Å²) < 4.78 is 5.93. The second-order valence-corrected chi connectivity index (χ2v) is 6.09. The zero-order chi connectivity index (χ0) is 17.1. The normalized spacial score (nSPS) is 16.7. The molecular formula is C19H22N2O3. The van der Waals surface area contributed by atoms with Gasteiger partial charge in [0.1, 0.15) is 5.75 Å². The Labute approximate surface area is 141 Å². The van der Waals surface area contributed by atoms with Crippen molar-refractivity contribution in [3.63, 3.8) is 0 Å². The van der Waals surface area contributed by atoms with Gasteiger partial charge in [-0.2, -0.15) is 0 Å². The van der Waals surface area contributed by atoms with Gasteiger partial charge < -0.3 is 20.5 Å². The fourth-order valence-electron chi connectivity index (χ4n) is 2.87. The molecule has 1 amide bonds. The van der Waals surface area contributed by atoms with Crippen molar-refractivity contribution < 1.29 is 14.6 Å². The first-order valence-corrected chi connectivity index (χ1v) is 8.12. The number of nitrogen functional groups attached to an aromatic ring is 1. The molecule has 0 saturated heterocycles. The van der Waals surface area contributed by atoms with E-state index in [0.717, 1.165) is 5.56 Å². The molecule has 2 aromatic rings. The van der Waals surface area contributed by atoms with Crippen LogP contribution in [0.15, 0.2) is 42.5 Å². The van der Waals surface area contributed by atoms with Crippen LogP contribution in [-0.2, 0) is 11.2 Å². The third-order valence-electron chi connectivity index (χ3n) is 4.17. The van der Waals surface area contributed by atoms with Gasteiger partial charge in [0.15, 0.2) is 6.10 Å². The number of hydrogen-bond acceptors (Lipinski definition) is 4. The van der Waals surface area contributed by atoms with Gasteiger partial charge in [-0.05, 0) is 37.1 Å². The van der Waals surface area contributed by atoms with E-state index >= 15 is 0 Å². The molecule has 24 heavy (non-hydrogen) atoms. The quantitative estimate of drug-likeness (QED) is 0.827. The van der Waals surface area contributed by atoms with Gasteiger partial charge in [0, 0.05) is 25.3 Å². The molecule has 126 valence electrons. The molecule has 0 fully saturated rings. The maximum Gasteiger partial charge on any atom is 0.268 e. The summed E-state index contributed by atoms with van der Waals surface area (Å²) >= 11 is 0. The van der Waals surface area contributed by atoms with Gasteiger partial charge in [0.05, 0.1) is 5.69 Å². The largest absolute Gasteiger partial charge is 0.478 e. The van der Waals surface area contributed by atoms with Crippen molar-refractivity contribution in [2.75, 3.05) is 23.8 Å². The summed E-state index contributed by atoms with van der Waals surface area (Å²) in [5.41, 5.74) is 9.34. The average molecular weight is 326 g/mol. The second kappa shape index (κ2) is 6.93. The molecule has 0 aliphatic carbocycles. The first kappa shape index (κ1) is 16.3. The smallest absolute Gasteiger partial charge is 0.268 e. The number of fused-ring (bicyclic) bond motifs is 1. The van der Waals surface area contributed by atoms with E-state index in [1.165, 1.54) is 5.56 Å². The van der Waals surface area contributed by atoms with Gasteiger partial charge in [0.2, 0.25) is 0 Å². The number of ether oxygens (including phenoxy) is 1. The number of carbonyl (C=O) groups is 1. The van der Waals surface area contributed by atoms with Crippen LogP contribution in [0.1, 0.15) is 17.5 Å². The minimum Gasteiger partial charge on any atom is -0.478 e. The number of nitrogens with two attached hydrogens (primary N) is 1. The van der Waals surface area contributed by atoms with Crippen LogP contribution in [0.3, 0.4) is 0 Å². The molecule has 0 aromatic heterocycles. The van der Waals surface area contributed by atoms with E-state index in [9.17, 15) is 4.79 Å². The van der Waals surface area contributed by atoms with E-state index in [0.29, 0.717) is 36.5 Å². The maximum atomic E-state index is 12.9. The van der Waals surface area contributed by atoms with Crippen LogP contribution in [0, 0.1) is 6.92 Å². The monoisotopic (exact) mass is 326 g/mol. The highest BCUT2D eigenvalue weighted by Gasteiger charge is 2.34. The average Bonchev–Trinajstić information content (AvgIpc) is 2.57. The van der Waals surface area contributed by atoms with Gasteiger partial charge in [-0.25, -0.2) is 0 Å². The number of aliphatic hydroxyl groups excluding tert-OH is 1. The highest BCUT2D eigenvalue weighted by Crippen LogP contribution is 2.36. The highest BCUT2D eigenvalue weighted by atomic mass is 16.5. The van der Waals surface area contributed by atoms with Crippen LogP contribution in [0.2, 0.25) is 0 Å².